The predicted molar refractivity (Wildman–Crippen MR) is 245 cm³/mol. The van der Waals surface area contributed by atoms with E-state index in [4.69, 9.17) is 4.74 Å². The molecular formula is C54H56N2O5. The summed E-state index contributed by atoms with van der Waals surface area (Å²) in [4.78, 5) is 31.5. The maximum atomic E-state index is 15.2. The minimum absolute atomic E-state index is 0.0807. The van der Waals surface area contributed by atoms with Crippen LogP contribution in [-0.2, 0) is 13.0 Å². The van der Waals surface area contributed by atoms with Gasteiger partial charge in [0.25, 0.3) is 0 Å². The van der Waals surface area contributed by atoms with Crippen LogP contribution in [0.15, 0.2) is 151 Å². The normalized spacial score (nSPS) is 21.6. The Hall–Kier alpha value is -6.02. The zero-order valence-corrected chi connectivity index (χ0v) is 35.4. The van der Waals surface area contributed by atoms with Crippen molar-refractivity contribution >= 4 is 28.3 Å². The number of ketones is 1. The molecule has 0 radical (unpaired) electrons. The van der Waals surface area contributed by atoms with Crippen molar-refractivity contribution in [3.8, 4) is 16.9 Å². The molecule has 0 aromatic heterocycles. The summed E-state index contributed by atoms with van der Waals surface area (Å²) in [6.45, 7) is 4.64. The number of amides is 2. The van der Waals surface area contributed by atoms with Crippen molar-refractivity contribution in [2.24, 2.45) is 5.41 Å². The number of allylic oxidation sites excluding steroid dienone is 2. The third-order valence-electron chi connectivity index (χ3n) is 13.5. The number of fused-ring (bicyclic) bond motifs is 9. The van der Waals surface area contributed by atoms with Crippen LogP contribution < -0.4 is 10.1 Å². The fourth-order valence-electron chi connectivity index (χ4n) is 9.92. The number of urea groups is 1. The summed E-state index contributed by atoms with van der Waals surface area (Å²) >= 11 is 0. The number of hydrogen-bond donors (Lipinski definition) is 3. The van der Waals surface area contributed by atoms with Crippen molar-refractivity contribution in [2.75, 3.05) is 19.0 Å². The number of hydrogen-bond acceptors (Lipinski definition) is 5. The van der Waals surface area contributed by atoms with Gasteiger partial charge in [0.2, 0.25) is 0 Å². The highest BCUT2D eigenvalue weighted by Gasteiger charge is 2.57. The molecule has 2 amide bonds. The monoisotopic (exact) mass is 812 g/mol. The molecule has 2 bridgehead atoms. The molecule has 61 heavy (non-hydrogen) atoms. The van der Waals surface area contributed by atoms with E-state index in [1.807, 2.05) is 103 Å². The van der Waals surface area contributed by atoms with E-state index in [9.17, 15) is 15.0 Å². The molecule has 1 fully saturated rings. The Morgan fingerprint density at radius 1 is 0.820 bits per heavy atom. The number of benzene rings is 6. The van der Waals surface area contributed by atoms with Crippen LogP contribution in [0.1, 0.15) is 90.9 Å². The van der Waals surface area contributed by atoms with Gasteiger partial charge in [0.05, 0.1) is 25.4 Å². The van der Waals surface area contributed by atoms with E-state index in [1.54, 1.807) is 12.0 Å². The van der Waals surface area contributed by atoms with Crippen LogP contribution in [0.2, 0.25) is 0 Å². The van der Waals surface area contributed by atoms with Crippen LogP contribution >= 0.6 is 0 Å². The van der Waals surface area contributed by atoms with Crippen LogP contribution in [0.5, 0.6) is 5.75 Å². The van der Waals surface area contributed by atoms with Gasteiger partial charge in [-0.1, -0.05) is 128 Å². The lowest BCUT2D eigenvalue weighted by Gasteiger charge is -2.46. The first-order chi connectivity index (χ1) is 29.5. The predicted octanol–water partition coefficient (Wildman–Crippen LogP) is 11.5. The van der Waals surface area contributed by atoms with E-state index in [0.29, 0.717) is 61.1 Å². The number of rotatable bonds is 9. The molecule has 9 rings (SSSR count). The van der Waals surface area contributed by atoms with Gasteiger partial charge in [-0.05, 0) is 127 Å². The van der Waals surface area contributed by atoms with E-state index in [0.717, 1.165) is 45.0 Å². The molecule has 3 N–H and O–H groups in total. The molecule has 3 aliphatic rings. The second-order valence-corrected chi connectivity index (χ2v) is 17.3. The maximum Gasteiger partial charge on any atom is 0.322 e. The number of carbonyl (C=O) groups is 2. The summed E-state index contributed by atoms with van der Waals surface area (Å²) in [5.41, 5.74) is 5.57. The molecule has 6 aromatic rings. The molecule has 7 heteroatoms. The SMILES string of the molecule is COc1ccc(NC(=O)N(Cc2cccc3ccccc23)CC2(O)CCC3c4ccc(cc4C(=O)c4ccccc4-c4ccccc4)CC(O)CCC(C)=CCCC32C)cc1. The minimum atomic E-state index is -1.32. The summed E-state index contributed by atoms with van der Waals surface area (Å²) in [6, 6.07) is 45.1. The first kappa shape index (κ1) is 41.7. The lowest BCUT2D eigenvalue weighted by atomic mass is 9.64. The highest BCUT2D eigenvalue weighted by atomic mass is 16.5. The van der Waals surface area contributed by atoms with Crippen molar-refractivity contribution < 1.29 is 24.5 Å². The minimum Gasteiger partial charge on any atom is -0.497 e. The molecule has 312 valence electrons. The molecule has 3 aliphatic carbocycles. The van der Waals surface area contributed by atoms with Crippen molar-refractivity contribution in [2.45, 2.75) is 83.0 Å². The smallest absolute Gasteiger partial charge is 0.322 e. The summed E-state index contributed by atoms with van der Waals surface area (Å²) in [5, 5.41) is 29.9. The largest absolute Gasteiger partial charge is 0.497 e. The molecule has 0 heterocycles. The average molecular weight is 813 g/mol. The Bertz CT molecular complexity index is 2540. The molecule has 0 saturated heterocycles. The zero-order chi connectivity index (χ0) is 42.6. The Labute approximate surface area is 359 Å². The molecule has 1 saturated carbocycles. The molecule has 0 spiro atoms. The van der Waals surface area contributed by atoms with E-state index >= 15 is 4.79 Å². The molecule has 6 aromatic carbocycles. The van der Waals surface area contributed by atoms with Gasteiger partial charge in [-0.3, -0.25) is 4.79 Å². The van der Waals surface area contributed by atoms with Crippen LogP contribution in [0.25, 0.3) is 21.9 Å². The van der Waals surface area contributed by atoms with Gasteiger partial charge in [0, 0.05) is 28.8 Å². The van der Waals surface area contributed by atoms with Crippen molar-refractivity contribution in [1.29, 1.82) is 0 Å². The number of anilines is 1. The second kappa shape index (κ2) is 17.9. The highest BCUT2D eigenvalue weighted by Crippen LogP contribution is 2.59. The van der Waals surface area contributed by atoms with Gasteiger partial charge < -0.3 is 25.2 Å². The molecule has 7 nitrogen and oxygen atoms in total. The second-order valence-electron chi connectivity index (χ2n) is 17.3. The van der Waals surface area contributed by atoms with E-state index in [2.05, 4.69) is 61.6 Å². The van der Waals surface area contributed by atoms with Gasteiger partial charge in [-0.25, -0.2) is 4.79 Å². The van der Waals surface area contributed by atoms with E-state index < -0.39 is 17.1 Å². The van der Waals surface area contributed by atoms with Crippen molar-refractivity contribution in [1.82, 2.24) is 4.90 Å². The summed E-state index contributed by atoms with van der Waals surface area (Å²) in [6.07, 6.45) is 5.90. The topological polar surface area (TPSA) is 99.1 Å². The van der Waals surface area contributed by atoms with Gasteiger partial charge >= 0.3 is 6.03 Å². The highest BCUT2D eigenvalue weighted by molar-refractivity contribution is 6.14. The Kier molecular flexibility index (Phi) is 12.2. The third-order valence-corrected chi connectivity index (χ3v) is 13.5. The first-order valence-electron chi connectivity index (χ1n) is 21.6. The zero-order valence-electron chi connectivity index (χ0n) is 35.4. The standard InChI is InChI=1S/C54H56N2O5/c1-37-13-12-31-53(2)50(47-29-23-38(33-43(57)26-22-37)34-49(47)51(58)48-21-10-9-20-46(48)40-14-5-4-6-15-40)30-32-54(53,60)36-56(52(59)55-42-24-27-44(61-3)28-25-42)35-41-18-11-17-39-16-7-8-19-45(39)41/h4-11,13-21,23-25,27-29,34,43,50,57,60H,12,22,26,30-33,35-36H2,1-3H3,(H,55,59). The van der Waals surface area contributed by atoms with Gasteiger partial charge in [-0.2, -0.15) is 0 Å². The Morgan fingerprint density at radius 3 is 2.36 bits per heavy atom. The molecule has 0 aliphatic heterocycles. The molecule has 4 atom stereocenters. The number of nitrogens with one attached hydrogen (secondary N) is 1. The van der Waals surface area contributed by atoms with Crippen LogP contribution in [0, 0.1) is 5.41 Å². The van der Waals surface area contributed by atoms with E-state index in [-0.39, 0.29) is 30.8 Å². The number of nitrogens with zero attached hydrogens (tertiary/aromatic N) is 1. The van der Waals surface area contributed by atoms with Gasteiger partial charge in [0.15, 0.2) is 5.78 Å². The summed E-state index contributed by atoms with van der Waals surface area (Å²) in [5.74, 6) is 0.399. The average Bonchev–Trinajstić information content (AvgIpc) is 3.53. The Morgan fingerprint density at radius 2 is 1.56 bits per heavy atom. The molecular weight excluding hydrogens is 757 g/mol. The summed E-state index contributed by atoms with van der Waals surface area (Å²) < 4.78 is 5.37. The maximum absolute atomic E-state index is 15.2. The van der Waals surface area contributed by atoms with Crippen LogP contribution in [-0.4, -0.2) is 52.3 Å². The Balaban J connectivity index is 1.22. The van der Waals surface area contributed by atoms with Gasteiger partial charge in [0.1, 0.15) is 5.75 Å². The van der Waals surface area contributed by atoms with Gasteiger partial charge in [-0.15, -0.1) is 0 Å². The number of methoxy groups -OCH3 is 1. The fourth-order valence-corrected chi connectivity index (χ4v) is 9.92. The third kappa shape index (κ3) is 8.77. The van der Waals surface area contributed by atoms with Crippen LogP contribution in [0.4, 0.5) is 10.5 Å². The van der Waals surface area contributed by atoms with Crippen molar-refractivity contribution in [3.63, 3.8) is 0 Å². The quantitative estimate of drug-likeness (QED) is 0.0997. The summed E-state index contributed by atoms with van der Waals surface area (Å²) in [7, 11) is 1.61. The lowest BCUT2D eigenvalue weighted by Crippen LogP contribution is -2.54. The number of carbonyl (C=O) groups excluding carboxylic acids is 2. The first-order valence-corrected chi connectivity index (χ1v) is 21.6. The number of aliphatic hydroxyl groups is 2. The number of aliphatic hydroxyl groups excluding tert-OH is 1. The lowest BCUT2D eigenvalue weighted by molar-refractivity contribution is -0.0773. The number of ether oxygens (including phenoxy) is 1. The van der Waals surface area contributed by atoms with E-state index in [1.165, 1.54) is 5.57 Å². The van der Waals surface area contributed by atoms with Crippen LogP contribution in [0.3, 0.4) is 0 Å². The fraction of sp³-hybridized carbons (Fsp3) is 0.296. The molecule has 4 unspecified atom stereocenters. The van der Waals surface area contributed by atoms with Crippen molar-refractivity contribution in [3.05, 3.63) is 179 Å².